The zero-order valence-corrected chi connectivity index (χ0v) is 9.84. The van der Waals surface area contributed by atoms with Crippen LogP contribution in [0, 0.1) is 5.92 Å². The molecule has 3 heteroatoms. The van der Waals surface area contributed by atoms with E-state index in [0.717, 1.165) is 19.0 Å². The van der Waals surface area contributed by atoms with E-state index in [2.05, 4.69) is 23.7 Å². The maximum atomic E-state index is 5.38. The van der Waals surface area contributed by atoms with E-state index in [0.29, 0.717) is 5.82 Å². The third kappa shape index (κ3) is 5.86. The highest BCUT2D eigenvalue weighted by Crippen LogP contribution is 2.13. The second kappa shape index (κ2) is 7.68. The molecular weight excluding hydrogens is 174 g/mol. The normalized spacial score (nSPS) is 21.2. The molecular formula is C11H25N3. The highest BCUT2D eigenvalue weighted by atomic mass is 15.2. The Morgan fingerprint density at radius 2 is 2.21 bits per heavy atom. The van der Waals surface area contributed by atoms with Gasteiger partial charge in [-0.2, -0.15) is 0 Å². The van der Waals surface area contributed by atoms with Crippen LogP contribution in [0.3, 0.4) is 0 Å². The lowest BCUT2D eigenvalue weighted by molar-refractivity contribution is 0.329. The van der Waals surface area contributed by atoms with Crippen LogP contribution in [0.1, 0.15) is 27.2 Å². The van der Waals surface area contributed by atoms with Crippen molar-refractivity contribution in [2.75, 3.05) is 26.2 Å². The van der Waals surface area contributed by atoms with Crippen LogP contribution in [0.2, 0.25) is 0 Å². The molecule has 1 atom stereocenters. The minimum absolute atomic E-state index is 0.572. The van der Waals surface area contributed by atoms with Crippen molar-refractivity contribution in [3.63, 3.8) is 0 Å². The standard InChI is InChI=1S/C9H19N3.C2H6/c1-8-3-5-12(7-8)6-4-11-9(2)10;1-2/h8,11H,2-7,10H2,1H3;1-2H3. The van der Waals surface area contributed by atoms with Crippen LogP contribution in [0.15, 0.2) is 12.4 Å². The molecule has 0 spiro atoms. The first kappa shape index (κ1) is 13.3. The van der Waals surface area contributed by atoms with Crippen molar-refractivity contribution < 1.29 is 0 Å². The van der Waals surface area contributed by atoms with Crippen LogP contribution in [-0.2, 0) is 0 Å². The van der Waals surface area contributed by atoms with Crippen LogP contribution in [0.25, 0.3) is 0 Å². The van der Waals surface area contributed by atoms with E-state index in [1.54, 1.807) is 0 Å². The third-order valence-electron chi connectivity index (χ3n) is 2.29. The number of nitrogens with two attached hydrogens (primary N) is 1. The predicted octanol–water partition coefficient (Wildman–Crippen LogP) is 1.37. The van der Waals surface area contributed by atoms with E-state index in [4.69, 9.17) is 5.73 Å². The lowest BCUT2D eigenvalue weighted by atomic mass is 10.2. The molecule has 3 nitrogen and oxygen atoms in total. The minimum Gasteiger partial charge on any atom is -0.386 e. The molecule has 0 aromatic rings. The first-order chi connectivity index (χ1) is 6.68. The first-order valence-electron chi connectivity index (χ1n) is 5.59. The molecule has 1 rings (SSSR count). The molecule has 0 amide bonds. The van der Waals surface area contributed by atoms with E-state index in [9.17, 15) is 0 Å². The Kier molecular flexibility index (Phi) is 7.30. The van der Waals surface area contributed by atoms with Crippen LogP contribution in [0.5, 0.6) is 0 Å². The molecule has 0 bridgehead atoms. The van der Waals surface area contributed by atoms with Crippen LogP contribution < -0.4 is 11.1 Å². The Labute approximate surface area is 88.3 Å². The molecule has 1 unspecified atom stereocenters. The summed E-state index contributed by atoms with van der Waals surface area (Å²) in [6, 6.07) is 0. The molecule has 1 aliphatic rings. The molecule has 1 aliphatic heterocycles. The Hall–Kier alpha value is -0.700. The summed E-state index contributed by atoms with van der Waals surface area (Å²) in [5, 5.41) is 3.03. The van der Waals surface area contributed by atoms with Gasteiger partial charge in [-0.25, -0.2) is 0 Å². The summed E-state index contributed by atoms with van der Waals surface area (Å²) in [5.74, 6) is 1.44. The summed E-state index contributed by atoms with van der Waals surface area (Å²) in [5.41, 5.74) is 5.38. The number of nitrogens with zero attached hydrogens (tertiary/aromatic N) is 1. The highest BCUT2D eigenvalue weighted by Gasteiger charge is 2.17. The van der Waals surface area contributed by atoms with Gasteiger partial charge in [-0.1, -0.05) is 27.4 Å². The molecule has 14 heavy (non-hydrogen) atoms. The largest absolute Gasteiger partial charge is 0.386 e. The molecule has 0 aromatic carbocycles. The molecule has 3 N–H and O–H groups in total. The van der Waals surface area contributed by atoms with Crippen molar-refractivity contribution in [1.29, 1.82) is 0 Å². The van der Waals surface area contributed by atoms with E-state index in [-0.39, 0.29) is 0 Å². The Balaban J connectivity index is 0.000000791. The maximum absolute atomic E-state index is 5.38. The van der Waals surface area contributed by atoms with Gasteiger partial charge in [-0.05, 0) is 18.9 Å². The summed E-state index contributed by atoms with van der Waals surface area (Å²) in [7, 11) is 0. The fourth-order valence-corrected chi connectivity index (χ4v) is 1.60. The summed E-state index contributed by atoms with van der Waals surface area (Å²) in [6.07, 6.45) is 1.34. The summed E-state index contributed by atoms with van der Waals surface area (Å²) in [4.78, 5) is 2.46. The Morgan fingerprint density at radius 1 is 1.57 bits per heavy atom. The smallest absolute Gasteiger partial charge is 0.0886 e. The van der Waals surface area contributed by atoms with E-state index in [1.807, 2.05) is 13.8 Å². The molecule has 0 saturated carbocycles. The van der Waals surface area contributed by atoms with Gasteiger partial charge in [0.25, 0.3) is 0 Å². The molecule has 0 aliphatic carbocycles. The van der Waals surface area contributed by atoms with Crippen LogP contribution in [0.4, 0.5) is 0 Å². The van der Waals surface area contributed by atoms with Gasteiger partial charge in [-0.15, -0.1) is 0 Å². The van der Waals surface area contributed by atoms with Crippen molar-refractivity contribution in [3.8, 4) is 0 Å². The summed E-state index contributed by atoms with van der Waals surface area (Å²) < 4.78 is 0. The van der Waals surface area contributed by atoms with Gasteiger partial charge in [0.1, 0.15) is 0 Å². The molecule has 84 valence electrons. The lowest BCUT2D eigenvalue weighted by Crippen LogP contribution is -2.31. The maximum Gasteiger partial charge on any atom is 0.0886 e. The topological polar surface area (TPSA) is 41.3 Å². The zero-order valence-electron chi connectivity index (χ0n) is 9.84. The van der Waals surface area contributed by atoms with E-state index >= 15 is 0 Å². The predicted molar refractivity (Wildman–Crippen MR) is 62.9 cm³/mol. The second-order valence-corrected chi connectivity index (χ2v) is 3.65. The SMILES string of the molecule is C=C(N)NCCN1CCC(C)C1.CC. The number of hydrogen-bond donors (Lipinski definition) is 2. The van der Waals surface area contributed by atoms with Gasteiger partial charge < -0.3 is 16.0 Å². The average molecular weight is 199 g/mol. The number of likely N-dealkylation sites (tertiary alicyclic amines) is 1. The Morgan fingerprint density at radius 3 is 2.64 bits per heavy atom. The van der Waals surface area contributed by atoms with Gasteiger partial charge in [0.05, 0.1) is 5.82 Å². The van der Waals surface area contributed by atoms with Crippen molar-refractivity contribution >= 4 is 0 Å². The van der Waals surface area contributed by atoms with Gasteiger partial charge >= 0.3 is 0 Å². The molecule has 0 radical (unpaired) electrons. The van der Waals surface area contributed by atoms with E-state index in [1.165, 1.54) is 19.5 Å². The van der Waals surface area contributed by atoms with Crippen molar-refractivity contribution in [3.05, 3.63) is 12.4 Å². The summed E-state index contributed by atoms with van der Waals surface area (Å²) in [6.45, 7) is 14.4. The van der Waals surface area contributed by atoms with Crippen molar-refractivity contribution in [2.24, 2.45) is 11.7 Å². The van der Waals surface area contributed by atoms with Gasteiger partial charge in [0, 0.05) is 19.6 Å². The minimum atomic E-state index is 0.572. The summed E-state index contributed by atoms with van der Waals surface area (Å²) >= 11 is 0. The van der Waals surface area contributed by atoms with Gasteiger partial charge in [-0.3, -0.25) is 0 Å². The fourth-order valence-electron chi connectivity index (χ4n) is 1.60. The van der Waals surface area contributed by atoms with Crippen LogP contribution in [-0.4, -0.2) is 31.1 Å². The lowest BCUT2D eigenvalue weighted by Gasteiger charge is -2.15. The quantitative estimate of drug-likeness (QED) is 0.718. The average Bonchev–Trinajstić information content (AvgIpc) is 2.54. The fraction of sp³-hybridized carbons (Fsp3) is 0.818. The third-order valence-corrected chi connectivity index (χ3v) is 2.29. The van der Waals surface area contributed by atoms with Gasteiger partial charge in [0.2, 0.25) is 0 Å². The molecule has 1 fully saturated rings. The Bertz CT molecular complexity index is 157. The van der Waals surface area contributed by atoms with Crippen molar-refractivity contribution in [2.45, 2.75) is 27.2 Å². The number of rotatable bonds is 4. The van der Waals surface area contributed by atoms with E-state index < -0.39 is 0 Å². The monoisotopic (exact) mass is 199 g/mol. The number of hydrogen-bond acceptors (Lipinski definition) is 3. The van der Waals surface area contributed by atoms with Crippen LogP contribution >= 0.6 is 0 Å². The van der Waals surface area contributed by atoms with Gasteiger partial charge in [0.15, 0.2) is 0 Å². The number of nitrogens with one attached hydrogen (secondary N) is 1. The van der Waals surface area contributed by atoms with Crippen molar-refractivity contribution in [1.82, 2.24) is 10.2 Å². The highest BCUT2D eigenvalue weighted by molar-refractivity contribution is 4.83. The molecule has 1 saturated heterocycles. The molecule has 0 aromatic heterocycles. The second-order valence-electron chi connectivity index (χ2n) is 3.65. The zero-order chi connectivity index (χ0) is 11.0. The molecule has 1 heterocycles. The first-order valence-corrected chi connectivity index (χ1v) is 5.59.